The molecular weight excluding hydrogens is 256 g/mol. The molecule has 1 amide bonds. The van der Waals surface area contributed by atoms with Crippen LogP contribution in [0.1, 0.15) is 25.3 Å². The molecule has 1 aliphatic rings. The van der Waals surface area contributed by atoms with Gasteiger partial charge >= 0.3 is 0 Å². The summed E-state index contributed by atoms with van der Waals surface area (Å²) in [4.78, 5) is 11.9. The Bertz CT molecular complexity index is 458. The number of carbonyl (C=O) groups is 1. The summed E-state index contributed by atoms with van der Waals surface area (Å²) in [5, 5.41) is 2.85. The van der Waals surface area contributed by atoms with Crippen molar-refractivity contribution in [3.8, 4) is 0 Å². The predicted molar refractivity (Wildman–Crippen MR) is 77.4 cm³/mol. The van der Waals surface area contributed by atoms with E-state index in [9.17, 15) is 4.79 Å². The maximum Gasteiger partial charge on any atom is 0.244 e. The van der Waals surface area contributed by atoms with Gasteiger partial charge < -0.3 is 20.5 Å². The second-order valence-electron chi connectivity index (χ2n) is 5.06. The van der Waals surface area contributed by atoms with Crippen LogP contribution in [-0.2, 0) is 20.9 Å². The number of nitrogens with one attached hydrogen (secondary N) is 1. The maximum atomic E-state index is 11.9. The highest BCUT2D eigenvalue weighted by molar-refractivity contribution is 6.00. The quantitative estimate of drug-likeness (QED) is 0.709. The molecule has 1 fully saturated rings. The zero-order valence-corrected chi connectivity index (χ0v) is 11.9. The molecule has 5 nitrogen and oxygen atoms in total. The second-order valence-corrected chi connectivity index (χ2v) is 5.06. The molecule has 0 radical (unpaired) electrons. The normalized spacial score (nSPS) is 15.9. The standard InChI is InChI=1S/C15H22N2O3/c1-2-19-8-9-20-11-12-4-3-5-13(10-12)17-14(18)15(16)6-7-15/h3-5,10H,2,6-9,11,16H2,1H3,(H,17,18). The molecule has 0 atom stereocenters. The van der Waals surface area contributed by atoms with Crippen LogP contribution < -0.4 is 11.1 Å². The summed E-state index contributed by atoms with van der Waals surface area (Å²) in [6, 6.07) is 7.62. The van der Waals surface area contributed by atoms with Crippen LogP contribution >= 0.6 is 0 Å². The van der Waals surface area contributed by atoms with Crippen LogP contribution in [0, 0.1) is 0 Å². The van der Waals surface area contributed by atoms with E-state index < -0.39 is 5.54 Å². The third kappa shape index (κ3) is 4.30. The minimum Gasteiger partial charge on any atom is -0.379 e. The second kappa shape index (κ2) is 6.83. The Labute approximate surface area is 119 Å². The van der Waals surface area contributed by atoms with Crippen LogP contribution in [0.4, 0.5) is 5.69 Å². The van der Waals surface area contributed by atoms with Crippen molar-refractivity contribution in [3.63, 3.8) is 0 Å². The fraction of sp³-hybridized carbons (Fsp3) is 0.533. The van der Waals surface area contributed by atoms with Crippen LogP contribution in [-0.4, -0.2) is 31.3 Å². The Morgan fingerprint density at radius 2 is 2.10 bits per heavy atom. The first-order valence-corrected chi connectivity index (χ1v) is 6.99. The Morgan fingerprint density at radius 1 is 1.35 bits per heavy atom. The third-order valence-electron chi connectivity index (χ3n) is 3.27. The van der Waals surface area contributed by atoms with Gasteiger partial charge in [-0.3, -0.25) is 4.79 Å². The van der Waals surface area contributed by atoms with Gasteiger partial charge in [-0.25, -0.2) is 0 Å². The van der Waals surface area contributed by atoms with Crippen LogP contribution in [0.15, 0.2) is 24.3 Å². The van der Waals surface area contributed by atoms with E-state index in [1.54, 1.807) is 0 Å². The summed E-state index contributed by atoms with van der Waals surface area (Å²) in [7, 11) is 0. The lowest BCUT2D eigenvalue weighted by Crippen LogP contribution is -2.37. The largest absolute Gasteiger partial charge is 0.379 e. The summed E-state index contributed by atoms with van der Waals surface area (Å²) in [6.45, 7) is 4.32. The van der Waals surface area contributed by atoms with E-state index in [0.29, 0.717) is 26.4 Å². The average Bonchev–Trinajstić information content (AvgIpc) is 3.18. The van der Waals surface area contributed by atoms with Crippen molar-refractivity contribution in [2.45, 2.75) is 31.9 Å². The molecule has 0 aromatic heterocycles. The number of anilines is 1. The molecule has 0 heterocycles. The van der Waals surface area contributed by atoms with Gasteiger partial charge in [0.25, 0.3) is 0 Å². The van der Waals surface area contributed by atoms with E-state index in [-0.39, 0.29) is 5.91 Å². The monoisotopic (exact) mass is 278 g/mol. The Hall–Kier alpha value is -1.43. The van der Waals surface area contributed by atoms with E-state index in [0.717, 1.165) is 24.1 Å². The molecule has 5 heteroatoms. The molecule has 1 aromatic rings. The van der Waals surface area contributed by atoms with Crippen molar-refractivity contribution in [3.05, 3.63) is 29.8 Å². The molecule has 0 bridgehead atoms. The lowest BCUT2D eigenvalue weighted by atomic mass is 10.2. The highest BCUT2D eigenvalue weighted by Gasteiger charge is 2.45. The van der Waals surface area contributed by atoms with Crippen molar-refractivity contribution >= 4 is 11.6 Å². The fourth-order valence-electron chi connectivity index (χ4n) is 1.81. The van der Waals surface area contributed by atoms with Crippen molar-refractivity contribution < 1.29 is 14.3 Å². The first-order chi connectivity index (χ1) is 9.64. The summed E-state index contributed by atoms with van der Waals surface area (Å²) in [5.74, 6) is -0.105. The lowest BCUT2D eigenvalue weighted by Gasteiger charge is -2.11. The number of hydrogen-bond acceptors (Lipinski definition) is 4. The number of nitrogens with two attached hydrogens (primary N) is 1. The minimum atomic E-state index is -0.649. The number of ether oxygens (including phenoxy) is 2. The van der Waals surface area contributed by atoms with Crippen LogP contribution in [0.3, 0.4) is 0 Å². The lowest BCUT2D eigenvalue weighted by molar-refractivity contribution is -0.118. The van der Waals surface area contributed by atoms with Crippen molar-refractivity contribution in [1.82, 2.24) is 0 Å². The van der Waals surface area contributed by atoms with E-state index in [1.807, 2.05) is 31.2 Å². The SMILES string of the molecule is CCOCCOCc1cccc(NC(=O)C2(N)CC2)c1. The molecule has 0 spiro atoms. The fourth-order valence-corrected chi connectivity index (χ4v) is 1.81. The molecule has 0 saturated heterocycles. The van der Waals surface area contributed by atoms with Gasteiger partial charge in [-0.05, 0) is 37.5 Å². The van der Waals surface area contributed by atoms with Crippen LogP contribution in [0.25, 0.3) is 0 Å². The summed E-state index contributed by atoms with van der Waals surface area (Å²) >= 11 is 0. The Morgan fingerprint density at radius 3 is 2.80 bits per heavy atom. The van der Waals surface area contributed by atoms with E-state index in [4.69, 9.17) is 15.2 Å². The molecule has 1 aromatic carbocycles. The van der Waals surface area contributed by atoms with Gasteiger partial charge in [0.2, 0.25) is 5.91 Å². The zero-order valence-electron chi connectivity index (χ0n) is 11.9. The van der Waals surface area contributed by atoms with Gasteiger partial charge in [-0.15, -0.1) is 0 Å². The van der Waals surface area contributed by atoms with Crippen LogP contribution in [0.2, 0.25) is 0 Å². The smallest absolute Gasteiger partial charge is 0.244 e. The van der Waals surface area contributed by atoms with Crippen molar-refractivity contribution in [1.29, 1.82) is 0 Å². The highest BCUT2D eigenvalue weighted by Crippen LogP contribution is 2.33. The molecule has 1 aliphatic carbocycles. The Kier molecular flexibility index (Phi) is 5.11. The third-order valence-corrected chi connectivity index (χ3v) is 3.27. The van der Waals surface area contributed by atoms with Gasteiger partial charge in [0.15, 0.2) is 0 Å². The number of amides is 1. The van der Waals surface area contributed by atoms with Crippen LogP contribution in [0.5, 0.6) is 0 Å². The van der Waals surface area contributed by atoms with E-state index in [1.165, 1.54) is 0 Å². The predicted octanol–water partition coefficient (Wildman–Crippen LogP) is 1.67. The van der Waals surface area contributed by atoms with E-state index >= 15 is 0 Å². The minimum absolute atomic E-state index is 0.105. The van der Waals surface area contributed by atoms with Gasteiger partial charge in [-0.1, -0.05) is 12.1 Å². The van der Waals surface area contributed by atoms with Crippen molar-refractivity contribution in [2.75, 3.05) is 25.1 Å². The van der Waals surface area contributed by atoms with Gasteiger partial charge in [0.1, 0.15) is 0 Å². The molecule has 2 rings (SSSR count). The molecule has 1 saturated carbocycles. The van der Waals surface area contributed by atoms with Crippen molar-refractivity contribution in [2.24, 2.45) is 5.73 Å². The van der Waals surface area contributed by atoms with E-state index in [2.05, 4.69) is 5.32 Å². The molecule has 0 aliphatic heterocycles. The maximum absolute atomic E-state index is 11.9. The van der Waals surface area contributed by atoms with Gasteiger partial charge in [0, 0.05) is 12.3 Å². The number of rotatable bonds is 8. The molecule has 110 valence electrons. The molecule has 20 heavy (non-hydrogen) atoms. The highest BCUT2D eigenvalue weighted by atomic mass is 16.5. The molecule has 0 unspecified atom stereocenters. The molecule has 3 N–H and O–H groups in total. The zero-order chi connectivity index (χ0) is 14.4. The number of carbonyl (C=O) groups excluding carboxylic acids is 1. The summed E-state index contributed by atoms with van der Waals surface area (Å²) in [5.41, 5.74) is 6.98. The number of hydrogen-bond donors (Lipinski definition) is 2. The topological polar surface area (TPSA) is 73.6 Å². The van der Waals surface area contributed by atoms with Gasteiger partial charge in [0.05, 0.1) is 25.4 Å². The summed E-state index contributed by atoms with van der Waals surface area (Å²) in [6.07, 6.45) is 1.53. The summed E-state index contributed by atoms with van der Waals surface area (Å²) < 4.78 is 10.7. The average molecular weight is 278 g/mol. The number of benzene rings is 1. The first-order valence-electron chi connectivity index (χ1n) is 6.99. The first kappa shape index (κ1) is 15.0. The Balaban J connectivity index is 1.80. The van der Waals surface area contributed by atoms with Gasteiger partial charge in [-0.2, -0.15) is 0 Å². The molecular formula is C15H22N2O3.